The molecule has 1 unspecified atom stereocenters. The van der Waals surface area contributed by atoms with Crippen LogP contribution in [0.15, 0.2) is 51.4 Å². The summed E-state index contributed by atoms with van der Waals surface area (Å²) in [7, 11) is 1.64. The average molecular weight is 347 g/mol. The van der Waals surface area contributed by atoms with E-state index in [2.05, 4.69) is 20.9 Å². The number of hydrogen-bond acceptors (Lipinski definition) is 4. The number of methoxy groups -OCH3 is 1. The van der Waals surface area contributed by atoms with Crippen molar-refractivity contribution >= 4 is 27.0 Å². The fourth-order valence-electron chi connectivity index (χ4n) is 2.24. The Hall–Kier alpha value is -1.85. The molecule has 0 saturated carbocycles. The van der Waals surface area contributed by atoms with Gasteiger partial charge in [0, 0.05) is 16.9 Å². The Bertz CT molecular complexity index is 737. The number of para-hydroxylation sites is 2. The van der Waals surface area contributed by atoms with Crippen LogP contribution in [0.2, 0.25) is 0 Å². The lowest BCUT2D eigenvalue weighted by Crippen LogP contribution is -2.14. The second-order valence-electron chi connectivity index (χ2n) is 4.77. The Labute approximate surface area is 131 Å². The molecule has 0 bridgehead atoms. The fourth-order valence-corrected chi connectivity index (χ4v) is 2.78. The predicted molar refractivity (Wildman–Crippen MR) is 85.3 cm³/mol. The third kappa shape index (κ3) is 2.94. The molecule has 2 N–H and O–H groups in total. The maximum atomic E-state index is 6.29. The van der Waals surface area contributed by atoms with E-state index in [0.717, 1.165) is 26.9 Å². The monoisotopic (exact) mass is 346 g/mol. The van der Waals surface area contributed by atoms with Crippen LogP contribution in [-0.4, -0.2) is 12.1 Å². The number of aromatic nitrogens is 1. The number of benzene rings is 2. The Morgan fingerprint density at radius 3 is 2.86 bits per heavy atom. The minimum atomic E-state index is -0.220. The van der Waals surface area contributed by atoms with Crippen molar-refractivity contribution in [3.8, 4) is 5.75 Å². The van der Waals surface area contributed by atoms with Crippen LogP contribution < -0.4 is 10.5 Å². The molecule has 0 radical (unpaired) electrons. The Morgan fingerprint density at radius 1 is 1.29 bits per heavy atom. The molecular weight excluding hydrogens is 332 g/mol. The molecule has 1 aromatic heterocycles. The van der Waals surface area contributed by atoms with Crippen molar-refractivity contribution in [3.05, 3.63) is 58.4 Å². The Balaban J connectivity index is 1.87. The molecule has 0 amide bonds. The maximum absolute atomic E-state index is 6.29. The summed E-state index contributed by atoms with van der Waals surface area (Å²) in [4.78, 5) is 4.46. The van der Waals surface area contributed by atoms with E-state index in [1.54, 1.807) is 7.11 Å². The second kappa shape index (κ2) is 5.87. The van der Waals surface area contributed by atoms with Crippen molar-refractivity contribution in [2.45, 2.75) is 12.5 Å². The summed E-state index contributed by atoms with van der Waals surface area (Å²) in [6, 6.07) is 13.2. The van der Waals surface area contributed by atoms with Crippen molar-refractivity contribution in [3.63, 3.8) is 0 Å². The van der Waals surface area contributed by atoms with Crippen LogP contribution >= 0.6 is 15.9 Å². The van der Waals surface area contributed by atoms with Gasteiger partial charge in [0.1, 0.15) is 11.3 Å². The summed E-state index contributed by atoms with van der Waals surface area (Å²) < 4.78 is 11.9. The number of ether oxygens (including phenoxy) is 1. The zero-order valence-corrected chi connectivity index (χ0v) is 13.1. The highest BCUT2D eigenvalue weighted by Gasteiger charge is 2.15. The molecule has 0 saturated heterocycles. The first-order valence-electron chi connectivity index (χ1n) is 6.61. The SMILES string of the molecule is COc1ccc(Br)c(C(N)Cc2nc3ccccc3o2)c1. The van der Waals surface area contributed by atoms with Gasteiger partial charge in [-0.05, 0) is 35.9 Å². The van der Waals surface area contributed by atoms with Gasteiger partial charge in [-0.1, -0.05) is 28.1 Å². The highest BCUT2D eigenvalue weighted by atomic mass is 79.9. The lowest BCUT2D eigenvalue weighted by atomic mass is 10.0. The smallest absolute Gasteiger partial charge is 0.197 e. The molecular formula is C16H15BrN2O2. The van der Waals surface area contributed by atoms with Crippen molar-refractivity contribution in [1.29, 1.82) is 0 Å². The van der Waals surface area contributed by atoms with E-state index in [1.165, 1.54) is 0 Å². The zero-order chi connectivity index (χ0) is 14.8. The number of oxazole rings is 1. The van der Waals surface area contributed by atoms with E-state index >= 15 is 0 Å². The summed E-state index contributed by atoms with van der Waals surface area (Å²) in [5.41, 5.74) is 8.89. The van der Waals surface area contributed by atoms with Crippen molar-refractivity contribution in [1.82, 2.24) is 4.98 Å². The number of halogens is 1. The summed E-state index contributed by atoms with van der Waals surface area (Å²) in [5, 5.41) is 0. The van der Waals surface area contributed by atoms with E-state index in [4.69, 9.17) is 14.9 Å². The second-order valence-corrected chi connectivity index (χ2v) is 5.63. The van der Waals surface area contributed by atoms with Gasteiger partial charge in [0.15, 0.2) is 11.5 Å². The molecule has 21 heavy (non-hydrogen) atoms. The van der Waals surface area contributed by atoms with Crippen molar-refractivity contribution in [2.75, 3.05) is 7.11 Å². The molecule has 4 nitrogen and oxygen atoms in total. The zero-order valence-electron chi connectivity index (χ0n) is 11.5. The molecule has 0 aliphatic heterocycles. The van der Waals surface area contributed by atoms with Crippen molar-refractivity contribution < 1.29 is 9.15 Å². The number of rotatable bonds is 4. The van der Waals surface area contributed by atoms with Crippen LogP contribution in [0, 0.1) is 0 Å². The molecule has 3 rings (SSSR count). The normalized spacial score (nSPS) is 12.5. The van der Waals surface area contributed by atoms with Crippen LogP contribution in [0.1, 0.15) is 17.5 Å². The third-order valence-corrected chi connectivity index (χ3v) is 4.06. The molecule has 0 aliphatic carbocycles. The summed E-state index contributed by atoms with van der Waals surface area (Å²) >= 11 is 3.52. The van der Waals surface area contributed by atoms with E-state index in [-0.39, 0.29) is 6.04 Å². The first kappa shape index (κ1) is 14.1. The van der Waals surface area contributed by atoms with Gasteiger partial charge in [-0.3, -0.25) is 0 Å². The Kier molecular flexibility index (Phi) is 3.94. The molecule has 1 atom stereocenters. The fraction of sp³-hybridized carbons (Fsp3) is 0.188. The van der Waals surface area contributed by atoms with Crippen LogP contribution in [0.5, 0.6) is 5.75 Å². The van der Waals surface area contributed by atoms with E-state index in [9.17, 15) is 0 Å². The van der Waals surface area contributed by atoms with E-state index in [1.807, 2.05) is 42.5 Å². The summed E-state index contributed by atoms with van der Waals surface area (Å²) in [6.45, 7) is 0. The molecule has 0 fully saturated rings. The molecule has 2 aromatic carbocycles. The van der Waals surface area contributed by atoms with Crippen LogP contribution in [-0.2, 0) is 6.42 Å². The molecule has 108 valence electrons. The first-order valence-corrected chi connectivity index (χ1v) is 7.40. The minimum Gasteiger partial charge on any atom is -0.497 e. The van der Waals surface area contributed by atoms with Gasteiger partial charge in [0.05, 0.1) is 7.11 Å². The standard InChI is InChI=1S/C16H15BrN2O2/c1-20-10-6-7-12(17)11(8-10)13(18)9-16-19-14-4-2-3-5-15(14)21-16/h2-8,13H,9,18H2,1H3. The maximum Gasteiger partial charge on any atom is 0.197 e. The van der Waals surface area contributed by atoms with E-state index < -0.39 is 0 Å². The molecule has 5 heteroatoms. The van der Waals surface area contributed by atoms with Gasteiger partial charge in [-0.2, -0.15) is 0 Å². The van der Waals surface area contributed by atoms with Gasteiger partial charge >= 0.3 is 0 Å². The third-order valence-electron chi connectivity index (χ3n) is 3.34. The van der Waals surface area contributed by atoms with Crippen LogP contribution in [0.4, 0.5) is 0 Å². The minimum absolute atomic E-state index is 0.220. The topological polar surface area (TPSA) is 61.3 Å². The molecule has 0 spiro atoms. The van der Waals surface area contributed by atoms with Gasteiger partial charge < -0.3 is 14.9 Å². The van der Waals surface area contributed by atoms with Gasteiger partial charge in [0.25, 0.3) is 0 Å². The quantitative estimate of drug-likeness (QED) is 0.779. The summed E-state index contributed by atoms with van der Waals surface area (Å²) in [6.07, 6.45) is 0.528. The predicted octanol–water partition coefficient (Wildman–Crippen LogP) is 3.84. The molecule has 3 aromatic rings. The largest absolute Gasteiger partial charge is 0.497 e. The van der Waals surface area contributed by atoms with Gasteiger partial charge in [-0.25, -0.2) is 4.98 Å². The number of fused-ring (bicyclic) bond motifs is 1. The van der Waals surface area contributed by atoms with Crippen LogP contribution in [0.25, 0.3) is 11.1 Å². The lowest BCUT2D eigenvalue weighted by molar-refractivity contribution is 0.413. The molecule has 0 aliphatic rings. The lowest BCUT2D eigenvalue weighted by Gasteiger charge is -2.13. The van der Waals surface area contributed by atoms with E-state index in [0.29, 0.717) is 12.3 Å². The first-order chi connectivity index (χ1) is 10.2. The molecule has 1 heterocycles. The number of nitrogens with two attached hydrogens (primary N) is 1. The average Bonchev–Trinajstić information content (AvgIpc) is 2.89. The van der Waals surface area contributed by atoms with Gasteiger partial charge in [0.2, 0.25) is 0 Å². The highest BCUT2D eigenvalue weighted by molar-refractivity contribution is 9.10. The Morgan fingerprint density at radius 2 is 2.10 bits per heavy atom. The highest BCUT2D eigenvalue weighted by Crippen LogP contribution is 2.29. The number of nitrogens with zero attached hydrogens (tertiary/aromatic N) is 1. The van der Waals surface area contributed by atoms with Crippen LogP contribution in [0.3, 0.4) is 0 Å². The van der Waals surface area contributed by atoms with Crippen molar-refractivity contribution in [2.24, 2.45) is 5.73 Å². The number of hydrogen-bond donors (Lipinski definition) is 1. The summed E-state index contributed by atoms with van der Waals surface area (Å²) in [5.74, 6) is 1.42. The van der Waals surface area contributed by atoms with Gasteiger partial charge in [-0.15, -0.1) is 0 Å².